The van der Waals surface area contributed by atoms with Crippen molar-refractivity contribution in [3.8, 4) is 0 Å². The van der Waals surface area contributed by atoms with Crippen molar-refractivity contribution in [3.63, 3.8) is 0 Å². The summed E-state index contributed by atoms with van der Waals surface area (Å²) in [5.41, 5.74) is 2.68. The Morgan fingerprint density at radius 1 is 1.25 bits per heavy atom. The molecule has 92 valence electrons. The zero-order valence-electron chi connectivity index (χ0n) is 11.2. The molecular formula is C13H25N3. The summed E-state index contributed by atoms with van der Waals surface area (Å²) >= 11 is 0. The smallest absolute Gasteiger partial charge is 0.0889 e. The van der Waals surface area contributed by atoms with E-state index in [2.05, 4.69) is 28.8 Å². The highest BCUT2D eigenvalue weighted by Crippen LogP contribution is 2.30. The van der Waals surface area contributed by atoms with E-state index >= 15 is 0 Å². The van der Waals surface area contributed by atoms with Crippen LogP contribution < -0.4 is 0 Å². The molecule has 1 aliphatic rings. The molecule has 0 aromatic carbocycles. The Morgan fingerprint density at radius 2 is 2.00 bits per heavy atom. The van der Waals surface area contributed by atoms with Crippen LogP contribution in [0.5, 0.6) is 0 Å². The minimum Gasteiger partial charge on any atom is -0.249 e. The number of aryl methyl sites for hydroxylation is 1. The van der Waals surface area contributed by atoms with Gasteiger partial charge in [0.2, 0.25) is 0 Å². The molecule has 1 heterocycles. The second-order valence-corrected chi connectivity index (χ2v) is 4.09. The molecule has 0 saturated heterocycles. The molecule has 3 nitrogen and oxygen atoms in total. The summed E-state index contributed by atoms with van der Waals surface area (Å²) in [4.78, 5) is 0. The number of rotatable bonds is 2. The Morgan fingerprint density at radius 3 is 2.62 bits per heavy atom. The number of fused-ring (bicyclic) bond motifs is 1. The van der Waals surface area contributed by atoms with Gasteiger partial charge in [-0.3, -0.25) is 0 Å². The summed E-state index contributed by atoms with van der Waals surface area (Å²) in [7, 11) is 0. The third kappa shape index (κ3) is 2.63. The van der Waals surface area contributed by atoms with Gasteiger partial charge >= 0.3 is 0 Å². The van der Waals surface area contributed by atoms with Crippen molar-refractivity contribution in [2.24, 2.45) is 0 Å². The van der Waals surface area contributed by atoms with Crippen molar-refractivity contribution in [2.45, 2.75) is 72.3 Å². The fraction of sp³-hybridized carbons (Fsp3) is 0.846. The number of aromatic nitrogens is 3. The third-order valence-corrected chi connectivity index (χ3v) is 3.26. The third-order valence-electron chi connectivity index (χ3n) is 3.26. The predicted octanol–water partition coefficient (Wildman–Crippen LogP) is 3.54. The molecule has 0 amide bonds. The Balaban J connectivity index is 0.000000606. The van der Waals surface area contributed by atoms with Crippen LogP contribution in [0.2, 0.25) is 0 Å². The summed E-state index contributed by atoms with van der Waals surface area (Å²) < 4.78 is 2.07. The first-order valence-electron chi connectivity index (χ1n) is 6.79. The molecule has 16 heavy (non-hydrogen) atoms. The Hall–Kier alpha value is -0.860. The summed E-state index contributed by atoms with van der Waals surface area (Å²) in [5.74, 6) is 0.660. The molecule has 0 N–H and O–H groups in total. The van der Waals surface area contributed by atoms with Gasteiger partial charge in [-0.05, 0) is 32.6 Å². The Labute approximate surface area is 99.2 Å². The Kier molecular flexibility index (Phi) is 5.50. The predicted molar refractivity (Wildman–Crippen MR) is 67.6 cm³/mol. The second kappa shape index (κ2) is 6.66. The van der Waals surface area contributed by atoms with Gasteiger partial charge in [0, 0.05) is 12.5 Å². The van der Waals surface area contributed by atoms with Crippen LogP contribution in [0.1, 0.15) is 70.7 Å². The van der Waals surface area contributed by atoms with Gasteiger partial charge in [-0.1, -0.05) is 32.4 Å². The maximum atomic E-state index is 4.35. The van der Waals surface area contributed by atoms with Gasteiger partial charge in [-0.15, -0.1) is 5.10 Å². The summed E-state index contributed by atoms with van der Waals surface area (Å²) in [5, 5.41) is 8.58. The fourth-order valence-corrected chi connectivity index (χ4v) is 2.39. The molecule has 2 rings (SSSR count). The monoisotopic (exact) mass is 223 g/mol. The van der Waals surface area contributed by atoms with E-state index in [1.54, 1.807) is 0 Å². The van der Waals surface area contributed by atoms with Crippen LogP contribution in [0, 0.1) is 0 Å². The molecule has 0 bridgehead atoms. The molecular weight excluding hydrogens is 198 g/mol. The normalized spacial score (nSPS) is 19.4. The summed E-state index contributed by atoms with van der Waals surface area (Å²) in [6, 6.07) is 0. The van der Waals surface area contributed by atoms with E-state index in [1.807, 2.05) is 13.8 Å². The summed E-state index contributed by atoms with van der Waals surface area (Å²) in [6.45, 7) is 9.35. The maximum Gasteiger partial charge on any atom is 0.0889 e. The second-order valence-electron chi connectivity index (χ2n) is 4.09. The Bertz CT molecular complexity index is 304. The van der Waals surface area contributed by atoms with Gasteiger partial charge in [-0.25, -0.2) is 4.68 Å². The number of nitrogens with zero attached hydrogens (tertiary/aromatic N) is 3. The van der Waals surface area contributed by atoms with E-state index in [0.717, 1.165) is 6.54 Å². The van der Waals surface area contributed by atoms with Gasteiger partial charge in [0.05, 0.1) is 11.4 Å². The first-order chi connectivity index (χ1) is 7.86. The van der Waals surface area contributed by atoms with Gasteiger partial charge in [0.25, 0.3) is 0 Å². The molecule has 0 fully saturated rings. The lowest BCUT2D eigenvalue weighted by Gasteiger charge is -2.09. The van der Waals surface area contributed by atoms with Gasteiger partial charge in [0.1, 0.15) is 0 Å². The average Bonchev–Trinajstić information content (AvgIpc) is 2.64. The lowest BCUT2D eigenvalue weighted by atomic mass is 9.98. The SMILES string of the molecule is CC.CCC1CCCCc2c1nnn2CC. The highest BCUT2D eigenvalue weighted by molar-refractivity contribution is 5.17. The van der Waals surface area contributed by atoms with E-state index in [1.165, 1.54) is 43.5 Å². The average molecular weight is 223 g/mol. The highest BCUT2D eigenvalue weighted by atomic mass is 15.4. The van der Waals surface area contributed by atoms with Crippen LogP contribution in [0.4, 0.5) is 0 Å². The molecule has 0 aliphatic heterocycles. The highest BCUT2D eigenvalue weighted by Gasteiger charge is 2.22. The van der Waals surface area contributed by atoms with Crippen LogP contribution in [-0.2, 0) is 13.0 Å². The number of hydrogen-bond acceptors (Lipinski definition) is 2. The van der Waals surface area contributed by atoms with Crippen molar-refractivity contribution < 1.29 is 0 Å². The maximum absolute atomic E-state index is 4.35. The van der Waals surface area contributed by atoms with E-state index < -0.39 is 0 Å². The lowest BCUT2D eigenvalue weighted by molar-refractivity contribution is 0.551. The minimum atomic E-state index is 0.660. The zero-order valence-corrected chi connectivity index (χ0v) is 11.2. The van der Waals surface area contributed by atoms with E-state index in [4.69, 9.17) is 0 Å². The molecule has 1 unspecified atom stereocenters. The summed E-state index contributed by atoms with van der Waals surface area (Å²) in [6.07, 6.45) is 6.32. The standard InChI is InChI=1S/C11H19N3.C2H6/c1-3-9-7-5-6-8-10-11(9)12-13-14(10)4-2;1-2/h9H,3-8H2,1-2H3;1-2H3. The quantitative estimate of drug-likeness (QED) is 0.718. The van der Waals surface area contributed by atoms with E-state index in [-0.39, 0.29) is 0 Å². The lowest BCUT2D eigenvalue weighted by Crippen LogP contribution is -2.04. The first kappa shape index (κ1) is 13.2. The van der Waals surface area contributed by atoms with Gasteiger partial charge in [0.15, 0.2) is 0 Å². The van der Waals surface area contributed by atoms with Gasteiger partial charge < -0.3 is 0 Å². The van der Waals surface area contributed by atoms with Crippen molar-refractivity contribution in [2.75, 3.05) is 0 Å². The van der Waals surface area contributed by atoms with Crippen LogP contribution in [0.25, 0.3) is 0 Å². The molecule has 1 aromatic rings. The molecule has 0 radical (unpaired) electrons. The first-order valence-corrected chi connectivity index (χ1v) is 6.79. The minimum absolute atomic E-state index is 0.660. The van der Waals surface area contributed by atoms with Crippen LogP contribution in [-0.4, -0.2) is 15.0 Å². The van der Waals surface area contributed by atoms with Gasteiger partial charge in [-0.2, -0.15) is 0 Å². The molecule has 1 aliphatic carbocycles. The molecule has 0 spiro atoms. The topological polar surface area (TPSA) is 30.7 Å². The van der Waals surface area contributed by atoms with Crippen molar-refractivity contribution >= 4 is 0 Å². The van der Waals surface area contributed by atoms with Crippen LogP contribution >= 0.6 is 0 Å². The van der Waals surface area contributed by atoms with Crippen molar-refractivity contribution in [1.82, 2.24) is 15.0 Å². The molecule has 1 aromatic heterocycles. The van der Waals surface area contributed by atoms with E-state index in [0.29, 0.717) is 5.92 Å². The van der Waals surface area contributed by atoms with Crippen LogP contribution in [0.3, 0.4) is 0 Å². The fourth-order valence-electron chi connectivity index (χ4n) is 2.39. The van der Waals surface area contributed by atoms with E-state index in [9.17, 15) is 0 Å². The molecule has 1 atom stereocenters. The number of hydrogen-bond donors (Lipinski definition) is 0. The van der Waals surface area contributed by atoms with Crippen molar-refractivity contribution in [3.05, 3.63) is 11.4 Å². The van der Waals surface area contributed by atoms with Crippen LogP contribution in [0.15, 0.2) is 0 Å². The largest absolute Gasteiger partial charge is 0.249 e. The molecule has 3 heteroatoms. The van der Waals surface area contributed by atoms with Crippen molar-refractivity contribution in [1.29, 1.82) is 0 Å². The zero-order chi connectivity index (χ0) is 12.0. The molecule has 0 saturated carbocycles.